The van der Waals surface area contributed by atoms with Crippen LogP contribution in [0.25, 0.3) is 0 Å². The summed E-state index contributed by atoms with van der Waals surface area (Å²) in [5, 5.41) is 13.9. The highest BCUT2D eigenvalue weighted by Gasteiger charge is 2.12. The van der Waals surface area contributed by atoms with Gasteiger partial charge in [0.15, 0.2) is 0 Å². The average molecular weight is 343 g/mol. The van der Waals surface area contributed by atoms with Gasteiger partial charge in [-0.3, -0.25) is 4.79 Å². The molecule has 0 aromatic heterocycles. The normalized spacial score (nSPS) is 11.7. The fraction of sp³-hybridized carbons (Fsp3) is 0.429. The van der Waals surface area contributed by atoms with Gasteiger partial charge in [-0.2, -0.15) is 0 Å². The first-order valence-electron chi connectivity index (χ1n) is 6.52. The second-order valence-electron chi connectivity index (χ2n) is 4.44. The van der Waals surface area contributed by atoms with Gasteiger partial charge in [0.2, 0.25) is 0 Å². The summed E-state index contributed by atoms with van der Waals surface area (Å²) in [5.74, 6) is -0.925. The van der Waals surface area contributed by atoms with E-state index in [4.69, 9.17) is 5.11 Å². The van der Waals surface area contributed by atoms with Gasteiger partial charge < -0.3 is 15.7 Å². The van der Waals surface area contributed by atoms with E-state index in [1.807, 2.05) is 31.2 Å². The lowest BCUT2D eigenvalue weighted by Gasteiger charge is -2.18. The third-order valence-electron chi connectivity index (χ3n) is 2.88. The Hall–Kier alpha value is -1.56. The highest BCUT2D eigenvalue weighted by molar-refractivity contribution is 9.10. The fourth-order valence-electron chi connectivity index (χ4n) is 1.75. The lowest BCUT2D eigenvalue weighted by molar-refractivity contribution is -0.136. The van der Waals surface area contributed by atoms with Gasteiger partial charge in [0, 0.05) is 17.1 Å². The predicted molar refractivity (Wildman–Crippen MR) is 80.7 cm³/mol. The van der Waals surface area contributed by atoms with Crippen molar-refractivity contribution in [3.8, 4) is 0 Å². The van der Waals surface area contributed by atoms with Crippen LogP contribution in [-0.2, 0) is 11.2 Å². The quantitative estimate of drug-likeness (QED) is 0.712. The Labute approximate surface area is 126 Å². The number of carbonyl (C=O) groups is 2. The standard InChI is InChI=1S/C14H19BrN2O3/c1-2-11(9-10-5-3-4-6-12(10)15)17-14(20)16-8-7-13(18)19/h3-6,11H,2,7-9H2,1H3,(H,18,19)(H2,16,17,20). The van der Waals surface area contributed by atoms with Crippen LogP contribution in [0.2, 0.25) is 0 Å². The number of urea groups is 1. The predicted octanol–water partition coefficient (Wildman–Crippen LogP) is 2.54. The molecule has 0 saturated heterocycles. The minimum Gasteiger partial charge on any atom is -0.481 e. The van der Waals surface area contributed by atoms with Crippen molar-refractivity contribution in [3.63, 3.8) is 0 Å². The van der Waals surface area contributed by atoms with Gasteiger partial charge in [0.05, 0.1) is 6.42 Å². The molecule has 110 valence electrons. The molecule has 0 radical (unpaired) electrons. The summed E-state index contributed by atoms with van der Waals surface area (Å²) in [4.78, 5) is 22.0. The molecule has 1 aromatic carbocycles. The summed E-state index contributed by atoms with van der Waals surface area (Å²) in [7, 11) is 0. The topological polar surface area (TPSA) is 78.4 Å². The highest BCUT2D eigenvalue weighted by atomic mass is 79.9. The maximum atomic E-state index is 11.6. The summed E-state index contributed by atoms with van der Waals surface area (Å²) in [5.41, 5.74) is 1.13. The van der Waals surface area contributed by atoms with E-state index >= 15 is 0 Å². The molecule has 20 heavy (non-hydrogen) atoms. The van der Waals surface area contributed by atoms with Crippen LogP contribution in [0.3, 0.4) is 0 Å². The van der Waals surface area contributed by atoms with Crippen LogP contribution < -0.4 is 10.6 Å². The van der Waals surface area contributed by atoms with Crippen molar-refractivity contribution in [2.45, 2.75) is 32.2 Å². The Kier molecular flexibility index (Phi) is 7.08. The molecule has 0 aliphatic carbocycles. The highest BCUT2D eigenvalue weighted by Crippen LogP contribution is 2.18. The fourth-order valence-corrected chi connectivity index (χ4v) is 2.19. The molecule has 0 fully saturated rings. The Morgan fingerprint density at radius 1 is 1.35 bits per heavy atom. The molecule has 0 saturated carbocycles. The molecule has 0 aliphatic rings. The molecule has 1 aromatic rings. The molecule has 1 rings (SSSR count). The van der Waals surface area contributed by atoms with Gasteiger partial charge in [-0.05, 0) is 24.5 Å². The van der Waals surface area contributed by atoms with E-state index in [2.05, 4.69) is 26.6 Å². The smallest absolute Gasteiger partial charge is 0.315 e. The molecular weight excluding hydrogens is 324 g/mol. The van der Waals surface area contributed by atoms with Gasteiger partial charge in [0.1, 0.15) is 0 Å². The zero-order chi connectivity index (χ0) is 15.0. The monoisotopic (exact) mass is 342 g/mol. The van der Waals surface area contributed by atoms with E-state index in [-0.39, 0.29) is 25.0 Å². The lowest BCUT2D eigenvalue weighted by atomic mass is 10.0. The summed E-state index contributed by atoms with van der Waals surface area (Å²) in [6, 6.07) is 7.56. The number of amides is 2. The molecule has 6 heteroatoms. The van der Waals surface area contributed by atoms with Crippen LogP contribution in [0.4, 0.5) is 4.79 Å². The number of benzene rings is 1. The maximum absolute atomic E-state index is 11.6. The van der Waals surface area contributed by atoms with Crippen molar-refractivity contribution in [1.82, 2.24) is 10.6 Å². The number of carboxylic acid groups (broad SMARTS) is 1. The molecule has 3 N–H and O–H groups in total. The molecule has 0 bridgehead atoms. The number of nitrogens with one attached hydrogen (secondary N) is 2. The zero-order valence-electron chi connectivity index (χ0n) is 11.4. The lowest BCUT2D eigenvalue weighted by Crippen LogP contribution is -2.43. The molecular formula is C14H19BrN2O3. The number of carbonyl (C=O) groups excluding carboxylic acids is 1. The van der Waals surface area contributed by atoms with E-state index in [0.29, 0.717) is 0 Å². The average Bonchev–Trinajstić information content (AvgIpc) is 2.40. The largest absolute Gasteiger partial charge is 0.481 e. The summed E-state index contributed by atoms with van der Waals surface area (Å²) in [6.07, 6.45) is 1.45. The Morgan fingerprint density at radius 2 is 2.05 bits per heavy atom. The van der Waals surface area contributed by atoms with Gasteiger partial charge in [-0.1, -0.05) is 41.1 Å². The van der Waals surface area contributed by atoms with Crippen LogP contribution in [0.5, 0.6) is 0 Å². The Balaban J connectivity index is 2.45. The molecule has 2 amide bonds. The second kappa shape index (κ2) is 8.58. The van der Waals surface area contributed by atoms with E-state index < -0.39 is 5.97 Å². The van der Waals surface area contributed by atoms with Crippen molar-refractivity contribution >= 4 is 27.9 Å². The van der Waals surface area contributed by atoms with Gasteiger partial charge in [0.25, 0.3) is 0 Å². The van der Waals surface area contributed by atoms with Gasteiger partial charge in [-0.25, -0.2) is 4.79 Å². The number of aliphatic carboxylic acids is 1. The molecule has 0 spiro atoms. The van der Waals surface area contributed by atoms with Gasteiger partial charge >= 0.3 is 12.0 Å². The number of halogens is 1. The van der Waals surface area contributed by atoms with Crippen LogP contribution in [0.1, 0.15) is 25.3 Å². The first-order chi connectivity index (χ1) is 9.52. The van der Waals surface area contributed by atoms with E-state index in [1.165, 1.54) is 0 Å². The van der Waals surface area contributed by atoms with E-state index in [9.17, 15) is 9.59 Å². The molecule has 0 heterocycles. The van der Waals surface area contributed by atoms with Gasteiger partial charge in [-0.15, -0.1) is 0 Å². The van der Waals surface area contributed by atoms with E-state index in [1.54, 1.807) is 0 Å². The SMILES string of the molecule is CCC(Cc1ccccc1Br)NC(=O)NCCC(=O)O. The third-order valence-corrected chi connectivity index (χ3v) is 3.65. The molecule has 0 aliphatic heterocycles. The Bertz CT molecular complexity index is 465. The maximum Gasteiger partial charge on any atom is 0.315 e. The van der Waals surface area contributed by atoms with E-state index in [0.717, 1.165) is 22.9 Å². The third kappa shape index (κ3) is 6.06. The summed E-state index contributed by atoms with van der Waals surface area (Å²) >= 11 is 3.48. The second-order valence-corrected chi connectivity index (χ2v) is 5.30. The molecule has 1 unspecified atom stereocenters. The number of hydrogen-bond donors (Lipinski definition) is 3. The van der Waals surface area contributed by atoms with Crippen LogP contribution >= 0.6 is 15.9 Å². The Morgan fingerprint density at radius 3 is 2.65 bits per heavy atom. The van der Waals surface area contributed by atoms with Crippen molar-refractivity contribution in [2.24, 2.45) is 0 Å². The first kappa shape index (κ1) is 16.5. The van der Waals surface area contributed by atoms with Crippen molar-refractivity contribution < 1.29 is 14.7 Å². The summed E-state index contributed by atoms with van der Waals surface area (Å²) in [6.45, 7) is 2.13. The first-order valence-corrected chi connectivity index (χ1v) is 7.31. The minimum absolute atomic E-state index is 0.0125. The molecule has 1 atom stereocenters. The van der Waals surface area contributed by atoms with Crippen molar-refractivity contribution in [3.05, 3.63) is 34.3 Å². The number of hydrogen-bond acceptors (Lipinski definition) is 2. The van der Waals surface area contributed by atoms with Crippen LogP contribution in [0.15, 0.2) is 28.7 Å². The number of rotatable bonds is 7. The minimum atomic E-state index is -0.925. The van der Waals surface area contributed by atoms with Crippen molar-refractivity contribution in [1.29, 1.82) is 0 Å². The molecule has 5 nitrogen and oxygen atoms in total. The van der Waals surface area contributed by atoms with Crippen LogP contribution in [-0.4, -0.2) is 29.7 Å². The van der Waals surface area contributed by atoms with Crippen molar-refractivity contribution in [2.75, 3.05) is 6.54 Å². The van der Waals surface area contributed by atoms with Crippen LogP contribution in [0, 0.1) is 0 Å². The number of carboxylic acids is 1. The summed E-state index contributed by atoms with van der Waals surface area (Å²) < 4.78 is 1.02. The zero-order valence-corrected chi connectivity index (χ0v) is 12.9.